The minimum absolute atomic E-state index is 0.0897. The number of ether oxygens (including phenoxy) is 1. The van der Waals surface area contributed by atoms with Crippen molar-refractivity contribution in [3.8, 4) is 0 Å². The van der Waals surface area contributed by atoms with E-state index in [1.807, 2.05) is 11.3 Å². The molecule has 7 nitrogen and oxygen atoms in total. The van der Waals surface area contributed by atoms with Crippen LogP contribution in [0, 0.1) is 5.92 Å². The van der Waals surface area contributed by atoms with E-state index in [4.69, 9.17) is 20.4 Å². The molecule has 1 aliphatic carbocycles. The minimum Gasteiger partial charge on any atom is -0.379 e. The van der Waals surface area contributed by atoms with Gasteiger partial charge in [0.2, 0.25) is 5.91 Å². The lowest BCUT2D eigenvalue weighted by molar-refractivity contribution is -0.122. The predicted octanol–water partition coefficient (Wildman–Crippen LogP) is 1.71. The van der Waals surface area contributed by atoms with Crippen LogP contribution in [0.4, 0.5) is 5.82 Å². The number of morpholine rings is 1. The van der Waals surface area contributed by atoms with E-state index in [9.17, 15) is 4.79 Å². The number of carbonyl (C=O) groups is 1. The third-order valence-corrected chi connectivity index (χ3v) is 7.37. The summed E-state index contributed by atoms with van der Waals surface area (Å²) in [7, 11) is 0. The molecule has 150 valence electrons. The molecule has 0 aromatic carbocycles. The van der Waals surface area contributed by atoms with Gasteiger partial charge in [0, 0.05) is 31.1 Å². The number of carbonyl (C=O) groups excluding carboxylic acids is 1. The number of hydrogen-bond acceptors (Lipinski definition) is 7. The second-order valence-corrected chi connectivity index (χ2v) is 9.16. The molecule has 0 unspecified atom stereocenters. The van der Waals surface area contributed by atoms with E-state index >= 15 is 0 Å². The molecule has 0 saturated carbocycles. The minimum atomic E-state index is -0.195. The van der Waals surface area contributed by atoms with E-state index in [0.29, 0.717) is 6.54 Å². The number of rotatable bonds is 4. The van der Waals surface area contributed by atoms with Crippen molar-refractivity contribution in [2.24, 2.45) is 11.7 Å². The number of thiophene rings is 1. The maximum absolute atomic E-state index is 11.8. The fraction of sp³-hybridized carbons (Fsp3) is 0.650. The van der Waals surface area contributed by atoms with E-state index in [1.54, 1.807) is 0 Å². The number of primary amides is 1. The zero-order valence-electron chi connectivity index (χ0n) is 16.2. The average Bonchev–Trinajstić information content (AvgIpc) is 3.29. The van der Waals surface area contributed by atoms with Crippen molar-refractivity contribution in [2.45, 2.75) is 38.6 Å². The molecular formula is C20H27N5O2S. The van der Waals surface area contributed by atoms with Crippen molar-refractivity contribution in [3.63, 3.8) is 0 Å². The highest BCUT2D eigenvalue weighted by Gasteiger charge is 2.29. The predicted molar refractivity (Wildman–Crippen MR) is 110 cm³/mol. The smallest absolute Gasteiger partial charge is 0.222 e. The molecule has 2 aliphatic heterocycles. The Bertz CT molecular complexity index is 892. The number of amides is 1. The molecule has 8 heteroatoms. The first kappa shape index (κ1) is 18.3. The van der Waals surface area contributed by atoms with Gasteiger partial charge in [-0.05, 0) is 37.7 Å². The molecule has 2 N–H and O–H groups in total. The van der Waals surface area contributed by atoms with E-state index in [2.05, 4.69) is 9.80 Å². The first-order chi connectivity index (χ1) is 13.7. The Kier molecular flexibility index (Phi) is 4.94. The molecule has 5 rings (SSSR count). The Labute approximate surface area is 168 Å². The Morgan fingerprint density at radius 2 is 2.04 bits per heavy atom. The Hall–Kier alpha value is -1.77. The molecule has 4 heterocycles. The highest BCUT2D eigenvalue weighted by molar-refractivity contribution is 7.19. The summed E-state index contributed by atoms with van der Waals surface area (Å²) >= 11 is 1.84. The van der Waals surface area contributed by atoms with Crippen LogP contribution in [-0.2, 0) is 28.9 Å². The Balaban J connectivity index is 1.53. The lowest BCUT2D eigenvalue weighted by Gasteiger charge is -2.33. The molecular weight excluding hydrogens is 374 g/mol. The lowest BCUT2D eigenvalue weighted by Crippen LogP contribution is -2.42. The third kappa shape index (κ3) is 3.38. The summed E-state index contributed by atoms with van der Waals surface area (Å²) in [4.78, 5) is 29.0. The molecule has 0 spiro atoms. The number of anilines is 1. The first-order valence-electron chi connectivity index (χ1n) is 10.3. The standard InChI is InChI=1S/C20H27N5O2S/c21-18(26)13-3-2-6-25(11-13)19-17-14-4-1-5-15(14)28-20(17)23-16(22-19)12-24-7-9-27-10-8-24/h13H,1-12H2,(H2,21,26)/t13-/m0/s1. The van der Waals surface area contributed by atoms with Crippen molar-refractivity contribution in [3.05, 3.63) is 16.3 Å². The van der Waals surface area contributed by atoms with E-state index in [0.717, 1.165) is 81.5 Å². The molecule has 2 aromatic heterocycles. The van der Waals surface area contributed by atoms with Gasteiger partial charge in [0.15, 0.2) is 0 Å². The van der Waals surface area contributed by atoms with Crippen molar-refractivity contribution in [1.82, 2.24) is 14.9 Å². The Morgan fingerprint density at radius 1 is 1.18 bits per heavy atom. The van der Waals surface area contributed by atoms with Gasteiger partial charge in [0.05, 0.1) is 31.1 Å². The quantitative estimate of drug-likeness (QED) is 0.840. The maximum atomic E-state index is 11.8. The molecule has 2 saturated heterocycles. The summed E-state index contributed by atoms with van der Waals surface area (Å²) in [5, 5.41) is 1.23. The van der Waals surface area contributed by atoms with Crippen LogP contribution in [0.25, 0.3) is 10.2 Å². The van der Waals surface area contributed by atoms with Gasteiger partial charge < -0.3 is 15.4 Å². The van der Waals surface area contributed by atoms with Crippen LogP contribution in [-0.4, -0.2) is 60.2 Å². The van der Waals surface area contributed by atoms with E-state index in [-0.39, 0.29) is 11.8 Å². The number of nitrogens with zero attached hydrogens (tertiary/aromatic N) is 4. The van der Waals surface area contributed by atoms with Crippen LogP contribution in [0.1, 0.15) is 35.5 Å². The highest BCUT2D eigenvalue weighted by atomic mass is 32.1. The second-order valence-electron chi connectivity index (χ2n) is 8.08. The molecule has 0 radical (unpaired) electrons. The van der Waals surface area contributed by atoms with Gasteiger partial charge in [-0.15, -0.1) is 11.3 Å². The summed E-state index contributed by atoms with van der Waals surface area (Å²) in [6.07, 6.45) is 5.34. The molecule has 2 fully saturated rings. The second kappa shape index (κ2) is 7.57. The summed E-state index contributed by atoms with van der Waals surface area (Å²) < 4.78 is 5.47. The summed E-state index contributed by atoms with van der Waals surface area (Å²) in [5.41, 5.74) is 7.07. The van der Waals surface area contributed by atoms with Gasteiger partial charge in [-0.3, -0.25) is 9.69 Å². The Morgan fingerprint density at radius 3 is 2.86 bits per heavy atom. The molecule has 28 heavy (non-hydrogen) atoms. The van der Waals surface area contributed by atoms with Crippen LogP contribution in [0.5, 0.6) is 0 Å². The van der Waals surface area contributed by atoms with Crippen LogP contribution < -0.4 is 10.6 Å². The first-order valence-corrected chi connectivity index (χ1v) is 11.2. The zero-order chi connectivity index (χ0) is 19.1. The lowest BCUT2D eigenvalue weighted by atomic mass is 9.97. The number of aryl methyl sites for hydroxylation is 2. The SMILES string of the molecule is NC(=O)[C@H]1CCCN(c2nc(CN3CCOCC3)nc3sc4c(c23)CCC4)C1. The molecule has 3 aliphatic rings. The molecule has 1 atom stereocenters. The van der Waals surface area contributed by atoms with Gasteiger partial charge in [-0.25, -0.2) is 9.97 Å². The van der Waals surface area contributed by atoms with Crippen molar-refractivity contribution < 1.29 is 9.53 Å². The van der Waals surface area contributed by atoms with Crippen LogP contribution in [0.2, 0.25) is 0 Å². The highest BCUT2D eigenvalue weighted by Crippen LogP contribution is 2.41. The van der Waals surface area contributed by atoms with Crippen molar-refractivity contribution in [1.29, 1.82) is 0 Å². The number of nitrogens with two attached hydrogens (primary N) is 1. The van der Waals surface area contributed by atoms with Crippen LogP contribution in [0.3, 0.4) is 0 Å². The number of hydrogen-bond donors (Lipinski definition) is 1. The fourth-order valence-corrected chi connectivity index (χ4v) is 5.95. The van der Waals surface area contributed by atoms with Gasteiger partial charge in [0.25, 0.3) is 0 Å². The van der Waals surface area contributed by atoms with Gasteiger partial charge in [-0.1, -0.05) is 0 Å². The largest absolute Gasteiger partial charge is 0.379 e. The monoisotopic (exact) mass is 401 g/mol. The van der Waals surface area contributed by atoms with Crippen molar-refractivity contribution in [2.75, 3.05) is 44.3 Å². The zero-order valence-corrected chi connectivity index (χ0v) is 17.0. The third-order valence-electron chi connectivity index (χ3n) is 6.18. The van der Waals surface area contributed by atoms with Gasteiger partial charge in [-0.2, -0.15) is 0 Å². The normalized spacial score (nSPS) is 23.3. The molecule has 0 bridgehead atoms. The topological polar surface area (TPSA) is 84.6 Å². The van der Waals surface area contributed by atoms with E-state index in [1.165, 1.54) is 22.2 Å². The van der Waals surface area contributed by atoms with Crippen LogP contribution >= 0.6 is 11.3 Å². The molecule has 2 aromatic rings. The summed E-state index contributed by atoms with van der Waals surface area (Å²) in [6, 6.07) is 0. The summed E-state index contributed by atoms with van der Waals surface area (Å²) in [6.45, 7) is 5.74. The van der Waals surface area contributed by atoms with Gasteiger partial charge in [0.1, 0.15) is 16.5 Å². The van der Waals surface area contributed by atoms with Crippen LogP contribution in [0.15, 0.2) is 0 Å². The molecule has 1 amide bonds. The maximum Gasteiger partial charge on any atom is 0.222 e. The average molecular weight is 402 g/mol. The number of aromatic nitrogens is 2. The summed E-state index contributed by atoms with van der Waals surface area (Å²) in [5.74, 6) is 1.62. The van der Waals surface area contributed by atoms with Gasteiger partial charge >= 0.3 is 0 Å². The fourth-order valence-electron chi connectivity index (χ4n) is 4.68. The number of fused-ring (bicyclic) bond motifs is 3. The number of piperidine rings is 1. The van der Waals surface area contributed by atoms with Crippen molar-refractivity contribution >= 4 is 33.3 Å². The van der Waals surface area contributed by atoms with E-state index < -0.39 is 0 Å².